The van der Waals surface area contributed by atoms with Gasteiger partial charge in [-0.1, -0.05) is 75.2 Å². The quantitative estimate of drug-likeness (QED) is 0.131. The van der Waals surface area contributed by atoms with Crippen molar-refractivity contribution in [1.82, 2.24) is 14.5 Å². The molecule has 0 bridgehead atoms. The average molecular weight is 555 g/mol. The Balaban J connectivity index is 1.80. The number of hydrogen-bond donors (Lipinski definition) is 1. The van der Waals surface area contributed by atoms with Gasteiger partial charge in [0.15, 0.2) is 0 Å². The maximum absolute atomic E-state index is 12.1. The number of imidazole rings is 1. The molecule has 3 aromatic carbocycles. The van der Waals surface area contributed by atoms with Gasteiger partial charge in [0.1, 0.15) is 11.6 Å². The summed E-state index contributed by atoms with van der Waals surface area (Å²) in [5.41, 5.74) is 12.4. The van der Waals surface area contributed by atoms with Crippen LogP contribution in [0.4, 0.5) is 5.69 Å². The van der Waals surface area contributed by atoms with Crippen LogP contribution in [0.5, 0.6) is 5.75 Å². The summed E-state index contributed by atoms with van der Waals surface area (Å²) >= 11 is 0. The molecular formula is C34H42N4O3. The number of rotatable bonds is 14. The minimum absolute atomic E-state index is 0.391. The molecule has 1 heterocycles. The lowest BCUT2D eigenvalue weighted by Crippen LogP contribution is -2.26. The third-order valence-electron chi connectivity index (χ3n) is 7.31. The topological polar surface area (TPSA) is 82.6 Å². The van der Waals surface area contributed by atoms with Crippen molar-refractivity contribution in [3.05, 3.63) is 89.6 Å². The molecule has 0 fully saturated rings. The number of carbonyl (C=O) groups is 1. The van der Waals surface area contributed by atoms with Crippen LogP contribution in [0.25, 0.3) is 22.6 Å². The fourth-order valence-corrected chi connectivity index (χ4v) is 5.09. The Hall–Kier alpha value is -4.10. The minimum atomic E-state index is -0.423. The summed E-state index contributed by atoms with van der Waals surface area (Å²) < 4.78 is 12.9. The van der Waals surface area contributed by atoms with E-state index < -0.39 is 5.97 Å². The Kier molecular flexibility index (Phi) is 10.6. The number of anilines is 1. The molecule has 0 amide bonds. The lowest BCUT2D eigenvalue weighted by molar-refractivity contribution is 0.0602. The van der Waals surface area contributed by atoms with E-state index in [1.165, 1.54) is 12.8 Å². The second-order valence-electron chi connectivity index (χ2n) is 10.3. The van der Waals surface area contributed by atoms with Gasteiger partial charge in [-0.05, 0) is 49.2 Å². The Labute approximate surface area is 243 Å². The molecule has 2 N–H and O–H groups in total. The predicted octanol–water partition coefficient (Wildman–Crippen LogP) is 7.20. The molecule has 0 atom stereocenters. The molecule has 41 heavy (non-hydrogen) atoms. The van der Waals surface area contributed by atoms with Gasteiger partial charge in [-0.3, -0.25) is 4.90 Å². The molecule has 7 heteroatoms. The first-order chi connectivity index (χ1) is 20.0. The van der Waals surface area contributed by atoms with E-state index in [-0.39, 0.29) is 0 Å². The summed E-state index contributed by atoms with van der Waals surface area (Å²) in [4.78, 5) is 19.8. The van der Waals surface area contributed by atoms with Crippen molar-refractivity contribution < 1.29 is 14.3 Å². The van der Waals surface area contributed by atoms with Crippen molar-refractivity contribution >= 4 is 11.7 Å². The zero-order valence-corrected chi connectivity index (χ0v) is 24.7. The SMILES string of the molecule is CCCCN(Cc1ccc(C(=O)OC)c(N)c1)Cc1c(-c2cccc(OC)c2)nc(-c2ccccc2)n1CCCC. The highest BCUT2D eigenvalue weighted by molar-refractivity contribution is 5.95. The molecule has 4 rings (SSSR count). The van der Waals surface area contributed by atoms with E-state index in [9.17, 15) is 4.79 Å². The zero-order chi connectivity index (χ0) is 29.2. The number of hydrogen-bond acceptors (Lipinski definition) is 6. The van der Waals surface area contributed by atoms with Crippen molar-refractivity contribution in [2.45, 2.75) is 59.2 Å². The van der Waals surface area contributed by atoms with Gasteiger partial charge in [-0.15, -0.1) is 0 Å². The van der Waals surface area contributed by atoms with E-state index in [0.717, 1.165) is 79.3 Å². The molecule has 0 spiro atoms. The van der Waals surface area contributed by atoms with Crippen LogP contribution in [0, 0.1) is 0 Å². The molecule has 0 saturated carbocycles. The third kappa shape index (κ3) is 7.35. The first kappa shape index (κ1) is 29.9. The Morgan fingerprint density at radius 3 is 2.34 bits per heavy atom. The highest BCUT2D eigenvalue weighted by atomic mass is 16.5. The third-order valence-corrected chi connectivity index (χ3v) is 7.31. The van der Waals surface area contributed by atoms with Crippen molar-refractivity contribution in [3.8, 4) is 28.4 Å². The molecule has 0 aliphatic heterocycles. The van der Waals surface area contributed by atoms with E-state index in [0.29, 0.717) is 17.8 Å². The fraction of sp³-hybridized carbons (Fsp3) is 0.353. The van der Waals surface area contributed by atoms with Crippen LogP contribution in [-0.4, -0.2) is 41.2 Å². The molecule has 0 radical (unpaired) electrons. The molecular weight excluding hydrogens is 512 g/mol. The first-order valence-corrected chi connectivity index (χ1v) is 14.5. The molecule has 4 aromatic rings. The number of nitrogens with two attached hydrogens (primary N) is 1. The van der Waals surface area contributed by atoms with Gasteiger partial charge in [-0.2, -0.15) is 0 Å². The minimum Gasteiger partial charge on any atom is -0.497 e. The Bertz CT molecular complexity index is 1430. The number of benzene rings is 3. The number of carbonyl (C=O) groups excluding carboxylic acids is 1. The molecule has 0 aliphatic carbocycles. The van der Waals surface area contributed by atoms with E-state index in [1.54, 1.807) is 13.2 Å². The van der Waals surface area contributed by atoms with Crippen molar-refractivity contribution in [2.24, 2.45) is 0 Å². The number of unbranched alkanes of at least 4 members (excludes halogenated alkanes) is 2. The fourth-order valence-electron chi connectivity index (χ4n) is 5.09. The number of aromatic nitrogens is 2. The largest absolute Gasteiger partial charge is 0.497 e. The van der Waals surface area contributed by atoms with Gasteiger partial charge in [0.05, 0.1) is 31.2 Å². The smallest absolute Gasteiger partial charge is 0.339 e. The van der Waals surface area contributed by atoms with E-state index in [1.807, 2.05) is 30.3 Å². The number of nitrogen functional groups attached to an aromatic ring is 1. The Morgan fingerprint density at radius 2 is 1.66 bits per heavy atom. The molecule has 216 valence electrons. The maximum atomic E-state index is 12.1. The second kappa shape index (κ2) is 14.5. The molecule has 7 nitrogen and oxygen atoms in total. The molecule has 1 aromatic heterocycles. The van der Waals surface area contributed by atoms with Crippen LogP contribution in [0.1, 0.15) is 61.1 Å². The molecule has 0 unspecified atom stereocenters. The van der Waals surface area contributed by atoms with E-state index in [4.69, 9.17) is 20.2 Å². The van der Waals surface area contributed by atoms with Crippen LogP contribution >= 0.6 is 0 Å². The summed E-state index contributed by atoms with van der Waals surface area (Å²) in [6.07, 6.45) is 4.30. The predicted molar refractivity (Wildman–Crippen MR) is 166 cm³/mol. The maximum Gasteiger partial charge on any atom is 0.339 e. The van der Waals surface area contributed by atoms with Crippen molar-refractivity contribution in [1.29, 1.82) is 0 Å². The van der Waals surface area contributed by atoms with Gasteiger partial charge in [-0.25, -0.2) is 9.78 Å². The van der Waals surface area contributed by atoms with Crippen LogP contribution in [0.15, 0.2) is 72.8 Å². The van der Waals surface area contributed by atoms with E-state index in [2.05, 4.69) is 59.7 Å². The summed E-state index contributed by atoms with van der Waals surface area (Å²) in [5.74, 6) is 1.36. The summed E-state index contributed by atoms with van der Waals surface area (Å²) in [5, 5.41) is 0. The van der Waals surface area contributed by atoms with Gasteiger partial charge in [0.25, 0.3) is 0 Å². The van der Waals surface area contributed by atoms with Gasteiger partial charge in [0, 0.05) is 36.4 Å². The molecule has 0 saturated heterocycles. The lowest BCUT2D eigenvalue weighted by Gasteiger charge is -2.24. The summed E-state index contributed by atoms with van der Waals surface area (Å²) in [6, 6.07) is 24.2. The number of nitrogens with zero attached hydrogens (tertiary/aromatic N) is 3. The lowest BCUT2D eigenvalue weighted by atomic mass is 10.1. The highest BCUT2D eigenvalue weighted by Crippen LogP contribution is 2.33. The number of methoxy groups -OCH3 is 2. The van der Waals surface area contributed by atoms with Crippen LogP contribution in [-0.2, 0) is 24.4 Å². The van der Waals surface area contributed by atoms with Crippen LogP contribution in [0.3, 0.4) is 0 Å². The highest BCUT2D eigenvalue weighted by Gasteiger charge is 2.22. The van der Waals surface area contributed by atoms with Crippen LogP contribution < -0.4 is 10.5 Å². The standard InChI is InChI=1S/C34H42N4O3/c1-5-7-19-37(23-25-17-18-29(30(35)21-25)34(39)41-4)24-31-32(27-15-12-16-28(22-27)40-3)36-33(38(31)20-8-6-2)26-13-10-9-11-14-26/h9-18,21-22H,5-8,19-20,23-24,35H2,1-4H3. The number of esters is 1. The zero-order valence-electron chi connectivity index (χ0n) is 24.7. The number of ether oxygens (including phenoxy) is 2. The first-order valence-electron chi connectivity index (χ1n) is 14.5. The summed E-state index contributed by atoms with van der Waals surface area (Å²) in [7, 11) is 3.06. The van der Waals surface area contributed by atoms with Gasteiger partial charge < -0.3 is 19.8 Å². The van der Waals surface area contributed by atoms with E-state index >= 15 is 0 Å². The summed E-state index contributed by atoms with van der Waals surface area (Å²) in [6.45, 7) is 7.65. The van der Waals surface area contributed by atoms with Crippen molar-refractivity contribution in [2.75, 3.05) is 26.5 Å². The average Bonchev–Trinajstić information content (AvgIpc) is 3.36. The van der Waals surface area contributed by atoms with Crippen molar-refractivity contribution in [3.63, 3.8) is 0 Å². The normalized spacial score (nSPS) is 11.1. The Morgan fingerprint density at radius 1 is 0.902 bits per heavy atom. The monoisotopic (exact) mass is 554 g/mol. The van der Waals surface area contributed by atoms with Gasteiger partial charge >= 0.3 is 5.97 Å². The molecule has 0 aliphatic rings. The van der Waals surface area contributed by atoms with Crippen LogP contribution in [0.2, 0.25) is 0 Å². The van der Waals surface area contributed by atoms with Gasteiger partial charge in [0.2, 0.25) is 0 Å². The second-order valence-corrected chi connectivity index (χ2v) is 10.3.